The molecule has 5 rings (SSSR count). The number of hydrogen-bond acceptors (Lipinski definition) is 6. The molecule has 1 saturated heterocycles. The van der Waals surface area contributed by atoms with Crippen LogP contribution in [0.15, 0.2) is 101 Å². The molecule has 2 heterocycles. The highest BCUT2D eigenvalue weighted by molar-refractivity contribution is 7.89. The number of pyridine rings is 1. The average molecular weight is 635 g/mol. The molecule has 10 nitrogen and oxygen atoms in total. The topological polar surface area (TPSA) is 137 Å². The predicted octanol–water partition coefficient (Wildman–Crippen LogP) is 6.34. The molecule has 1 fully saturated rings. The van der Waals surface area contributed by atoms with Gasteiger partial charge in [-0.1, -0.05) is 59.2 Å². The van der Waals surface area contributed by atoms with Gasteiger partial charge in [-0.15, -0.1) is 0 Å². The van der Waals surface area contributed by atoms with Crippen molar-refractivity contribution in [2.24, 2.45) is 5.11 Å². The number of rotatable bonds is 12. The number of azide groups is 1. The zero-order chi connectivity index (χ0) is 31.3. The van der Waals surface area contributed by atoms with Crippen molar-refractivity contribution in [2.45, 2.75) is 35.7 Å². The number of benzene rings is 3. The van der Waals surface area contributed by atoms with Crippen LogP contribution < -0.4 is 10.1 Å². The lowest BCUT2D eigenvalue weighted by Crippen LogP contribution is -2.33. The molecule has 0 radical (unpaired) electrons. The molecule has 4 aromatic rings. The Hall–Kier alpha value is -4.48. The number of anilines is 1. The van der Waals surface area contributed by atoms with Gasteiger partial charge in [-0.05, 0) is 65.9 Å². The summed E-state index contributed by atoms with van der Waals surface area (Å²) < 4.78 is 47.5. The summed E-state index contributed by atoms with van der Waals surface area (Å²) in [4.78, 5) is 21.2. The quantitative estimate of drug-likeness (QED) is 0.0839. The van der Waals surface area contributed by atoms with Crippen LogP contribution >= 0.6 is 11.6 Å². The largest absolute Gasteiger partial charge is 0.481 e. The molecule has 0 bridgehead atoms. The van der Waals surface area contributed by atoms with Crippen molar-refractivity contribution in [3.8, 4) is 5.88 Å². The number of nitrogens with one attached hydrogen (secondary N) is 1. The van der Waals surface area contributed by atoms with Crippen LogP contribution in [0.5, 0.6) is 5.88 Å². The Morgan fingerprint density at radius 1 is 1.11 bits per heavy atom. The highest BCUT2D eigenvalue weighted by Gasteiger charge is 2.44. The first-order valence-corrected chi connectivity index (χ1v) is 15.5. The lowest BCUT2D eigenvalue weighted by Gasteiger charge is -2.24. The van der Waals surface area contributed by atoms with Gasteiger partial charge in [0.2, 0.25) is 21.8 Å². The minimum atomic E-state index is -3.64. The molecule has 1 N–H and O–H groups in total. The van der Waals surface area contributed by atoms with Gasteiger partial charge in [-0.2, -0.15) is 4.31 Å². The van der Waals surface area contributed by atoms with E-state index in [2.05, 4.69) is 20.3 Å². The summed E-state index contributed by atoms with van der Waals surface area (Å²) in [6.07, 6.45) is 2.05. The lowest BCUT2D eigenvalue weighted by atomic mass is 9.85. The summed E-state index contributed by atoms with van der Waals surface area (Å²) >= 11 is 6.10. The molecule has 1 amide bonds. The van der Waals surface area contributed by atoms with Crippen LogP contribution in [0.4, 0.5) is 10.1 Å². The number of carbonyl (C=O) groups is 1. The maximum atomic E-state index is 15.1. The van der Waals surface area contributed by atoms with Crippen molar-refractivity contribution in [1.29, 1.82) is 0 Å². The number of methoxy groups -OCH3 is 1. The Labute approximate surface area is 259 Å². The van der Waals surface area contributed by atoms with Crippen LogP contribution in [0.3, 0.4) is 0 Å². The van der Waals surface area contributed by atoms with E-state index in [-0.39, 0.29) is 28.6 Å². The number of sulfonamides is 1. The van der Waals surface area contributed by atoms with E-state index in [0.717, 1.165) is 0 Å². The van der Waals surface area contributed by atoms with Gasteiger partial charge >= 0.3 is 0 Å². The molecule has 0 saturated carbocycles. The third-order valence-corrected chi connectivity index (χ3v) is 9.62. The average Bonchev–Trinajstić information content (AvgIpc) is 3.83. The molecule has 1 unspecified atom stereocenters. The van der Waals surface area contributed by atoms with Gasteiger partial charge < -0.3 is 10.1 Å². The van der Waals surface area contributed by atoms with Gasteiger partial charge in [0.15, 0.2) is 0 Å². The van der Waals surface area contributed by atoms with E-state index >= 15 is 4.39 Å². The van der Waals surface area contributed by atoms with Gasteiger partial charge in [0.1, 0.15) is 11.9 Å². The molecule has 226 valence electrons. The van der Waals surface area contributed by atoms with Crippen LogP contribution in [-0.2, 0) is 21.2 Å². The lowest BCUT2D eigenvalue weighted by molar-refractivity contribution is -0.117. The molecular weight excluding hydrogens is 607 g/mol. The van der Waals surface area contributed by atoms with Crippen molar-refractivity contribution in [3.05, 3.63) is 129 Å². The van der Waals surface area contributed by atoms with Gasteiger partial charge in [-0.25, -0.2) is 17.8 Å². The Morgan fingerprint density at radius 2 is 1.84 bits per heavy atom. The summed E-state index contributed by atoms with van der Waals surface area (Å²) in [6.45, 7) is 0.324. The molecule has 1 aliphatic rings. The van der Waals surface area contributed by atoms with Crippen molar-refractivity contribution in [2.75, 3.05) is 19.0 Å². The maximum Gasteiger partial charge on any atom is 0.243 e. The highest BCUT2D eigenvalue weighted by atomic mass is 35.5. The number of carbonyl (C=O) groups excluding carboxylic acids is 1. The normalized spacial score (nSPS) is 17.2. The molecule has 1 aliphatic heterocycles. The minimum absolute atomic E-state index is 0.170. The van der Waals surface area contributed by atoms with Crippen LogP contribution in [0, 0.1) is 5.82 Å². The molecule has 3 aromatic carbocycles. The summed E-state index contributed by atoms with van der Waals surface area (Å²) in [5, 5.41) is 7.09. The first-order chi connectivity index (χ1) is 21.2. The van der Waals surface area contributed by atoms with Gasteiger partial charge in [-0.3, -0.25) is 4.79 Å². The molecule has 0 spiro atoms. The van der Waals surface area contributed by atoms with Crippen LogP contribution in [-0.4, -0.2) is 49.4 Å². The van der Waals surface area contributed by atoms with E-state index in [9.17, 15) is 18.7 Å². The third kappa shape index (κ3) is 6.84. The van der Waals surface area contributed by atoms with E-state index in [4.69, 9.17) is 16.3 Å². The summed E-state index contributed by atoms with van der Waals surface area (Å²) in [5.41, 5.74) is 11.1. The molecule has 0 aliphatic carbocycles. The van der Waals surface area contributed by atoms with Crippen LogP contribution in [0.2, 0.25) is 5.02 Å². The molecule has 13 heteroatoms. The van der Waals surface area contributed by atoms with Gasteiger partial charge in [0, 0.05) is 52.0 Å². The summed E-state index contributed by atoms with van der Waals surface area (Å²) in [5.74, 6) is -1.61. The second kappa shape index (κ2) is 13.4. The summed E-state index contributed by atoms with van der Waals surface area (Å²) in [6, 6.07) is 21.0. The summed E-state index contributed by atoms with van der Waals surface area (Å²) in [7, 11) is -2.16. The number of amides is 1. The predicted molar refractivity (Wildman–Crippen MR) is 164 cm³/mol. The van der Waals surface area contributed by atoms with Gasteiger partial charge in [0.05, 0.1) is 12.0 Å². The van der Waals surface area contributed by atoms with E-state index in [1.54, 1.807) is 60.7 Å². The molecule has 44 heavy (non-hydrogen) atoms. The van der Waals surface area contributed by atoms with Crippen molar-refractivity contribution >= 4 is 33.2 Å². The van der Waals surface area contributed by atoms with E-state index < -0.39 is 33.7 Å². The zero-order valence-corrected chi connectivity index (χ0v) is 25.1. The van der Waals surface area contributed by atoms with Crippen molar-refractivity contribution < 1.29 is 22.3 Å². The van der Waals surface area contributed by atoms with Crippen LogP contribution in [0.25, 0.3) is 10.4 Å². The second-order valence-electron chi connectivity index (χ2n) is 10.1. The fraction of sp³-hybridized carbons (Fsp3) is 0.226. The maximum absolute atomic E-state index is 15.1. The van der Waals surface area contributed by atoms with E-state index in [0.29, 0.717) is 35.0 Å². The van der Waals surface area contributed by atoms with Gasteiger partial charge in [0.25, 0.3) is 0 Å². The minimum Gasteiger partial charge on any atom is -0.481 e. The Bertz CT molecular complexity index is 1790. The second-order valence-corrected chi connectivity index (χ2v) is 12.5. The smallest absolute Gasteiger partial charge is 0.243 e. The standard InChI is InChI=1S/C31H28ClFN6O4S/c1-43-28-17-12-21(18-35-28)29(20-10-13-22(32)14-11-20)30(37-38-34)31(40)36-27-9-5-8-26(33)25(27)16-15-23-19-39(23)44(41,42)24-6-3-2-4-7-24/h2-14,17-18,23,29-30H,15-16,19H2,1H3,(H,36,40)/t23?,29-,30-,39-/m0/s1. The molecular formula is C31H28ClFN6O4S. The number of aromatic nitrogens is 1. The number of hydrogen-bond donors (Lipinski definition) is 1. The highest BCUT2D eigenvalue weighted by Crippen LogP contribution is 2.35. The number of nitrogens with zero attached hydrogens (tertiary/aromatic N) is 5. The van der Waals surface area contributed by atoms with Crippen LogP contribution in [0.1, 0.15) is 29.0 Å². The Kier molecular flexibility index (Phi) is 9.46. The first kappa shape index (κ1) is 31.0. The van der Waals surface area contributed by atoms with E-state index in [1.165, 1.54) is 41.9 Å². The fourth-order valence-electron chi connectivity index (χ4n) is 5.12. The zero-order valence-electron chi connectivity index (χ0n) is 23.5. The molecule has 4 atom stereocenters. The number of halogens is 2. The SMILES string of the molecule is COc1ccc([C@H](c2ccc(Cl)cc2)[C@H](N=[N+]=[N-])C(=O)Nc2cccc(F)c2CCC2C[N@]2S(=O)(=O)c2ccccc2)cn1. The first-order valence-electron chi connectivity index (χ1n) is 13.7. The van der Waals surface area contributed by atoms with Crippen molar-refractivity contribution in [3.63, 3.8) is 0 Å². The Balaban J connectivity index is 1.38. The van der Waals surface area contributed by atoms with Crippen molar-refractivity contribution in [1.82, 2.24) is 9.29 Å². The third-order valence-electron chi connectivity index (χ3n) is 7.44. The monoisotopic (exact) mass is 634 g/mol. The Morgan fingerprint density at radius 3 is 2.50 bits per heavy atom. The number of ether oxygens (including phenoxy) is 1. The fourth-order valence-corrected chi connectivity index (χ4v) is 6.88. The van der Waals surface area contributed by atoms with E-state index in [1.807, 2.05) is 0 Å². The molecule has 1 aromatic heterocycles.